The van der Waals surface area contributed by atoms with Gasteiger partial charge in [-0.1, -0.05) is 22.9 Å². The highest BCUT2D eigenvalue weighted by molar-refractivity contribution is 9.09. The zero-order chi connectivity index (χ0) is 10.4. The van der Waals surface area contributed by atoms with Gasteiger partial charge in [0, 0.05) is 19.0 Å². The molecule has 1 rings (SSSR count). The van der Waals surface area contributed by atoms with Gasteiger partial charge in [0.15, 0.2) is 0 Å². The number of nitrogens with zero attached hydrogens (tertiary/aromatic N) is 2. The molecule has 0 spiro atoms. The Morgan fingerprint density at radius 1 is 1.50 bits per heavy atom. The van der Waals surface area contributed by atoms with Crippen molar-refractivity contribution in [2.75, 3.05) is 32.2 Å². The number of piperidine rings is 1. The van der Waals surface area contributed by atoms with Crippen molar-refractivity contribution < 1.29 is 0 Å². The van der Waals surface area contributed by atoms with Gasteiger partial charge in [0.25, 0.3) is 0 Å². The van der Waals surface area contributed by atoms with E-state index in [-0.39, 0.29) is 0 Å². The first-order valence-corrected chi connectivity index (χ1v) is 6.89. The van der Waals surface area contributed by atoms with Crippen molar-refractivity contribution in [3.63, 3.8) is 0 Å². The van der Waals surface area contributed by atoms with Gasteiger partial charge in [0.2, 0.25) is 0 Å². The van der Waals surface area contributed by atoms with Gasteiger partial charge in [0.1, 0.15) is 0 Å². The zero-order valence-electron chi connectivity index (χ0n) is 8.88. The van der Waals surface area contributed by atoms with E-state index >= 15 is 0 Å². The third-order valence-corrected chi connectivity index (χ3v) is 3.97. The van der Waals surface area contributed by atoms with Crippen molar-refractivity contribution >= 4 is 27.5 Å². The summed E-state index contributed by atoms with van der Waals surface area (Å²) < 4.78 is 0. The van der Waals surface area contributed by atoms with Crippen LogP contribution in [0.15, 0.2) is 0 Å². The van der Waals surface area contributed by atoms with Crippen LogP contribution in [0.1, 0.15) is 26.2 Å². The van der Waals surface area contributed by atoms with Crippen molar-refractivity contribution in [3.8, 4) is 0 Å². The first-order valence-electron chi connectivity index (χ1n) is 5.44. The maximum Gasteiger partial charge on any atom is 0.0666 e. The molecule has 0 N–H and O–H groups in total. The van der Waals surface area contributed by atoms with Crippen LogP contribution in [-0.2, 0) is 0 Å². The van der Waals surface area contributed by atoms with Crippen LogP contribution < -0.4 is 0 Å². The molecule has 1 fully saturated rings. The predicted molar refractivity (Wildman–Crippen MR) is 66.1 cm³/mol. The third-order valence-electron chi connectivity index (χ3n) is 2.76. The van der Waals surface area contributed by atoms with Gasteiger partial charge in [-0.05, 0) is 25.8 Å². The van der Waals surface area contributed by atoms with Gasteiger partial charge in [-0.2, -0.15) is 0 Å². The minimum atomic E-state index is 0.570. The summed E-state index contributed by atoms with van der Waals surface area (Å²) in [7, 11) is 0. The number of halogens is 2. The summed E-state index contributed by atoms with van der Waals surface area (Å²) in [6, 6.07) is 0. The number of hydrogen-bond acceptors (Lipinski definition) is 2. The lowest BCUT2D eigenvalue weighted by Crippen LogP contribution is -2.44. The minimum absolute atomic E-state index is 0.570. The molecule has 1 unspecified atom stereocenters. The van der Waals surface area contributed by atoms with Crippen molar-refractivity contribution in [3.05, 3.63) is 0 Å². The molecule has 0 aromatic rings. The van der Waals surface area contributed by atoms with Crippen LogP contribution >= 0.6 is 27.5 Å². The second-order valence-electron chi connectivity index (χ2n) is 3.78. The Balaban J connectivity index is 2.31. The van der Waals surface area contributed by atoms with Crippen LogP contribution in [0, 0.1) is 0 Å². The molecule has 1 atom stereocenters. The third kappa shape index (κ3) is 4.05. The maximum absolute atomic E-state index is 5.76. The zero-order valence-corrected chi connectivity index (χ0v) is 11.2. The molecule has 1 heterocycles. The van der Waals surface area contributed by atoms with Gasteiger partial charge in [-0.15, -0.1) is 11.6 Å². The molecule has 0 bridgehead atoms. The summed E-state index contributed by atoms with van der Waals surface area (Å²) in [6.07, 6.45) is 3.97. The Hall–Kier alpha value is 0.690. The second-order valence-corrected chi connectivity index (χ2v) is 5.22. The van der Waals surface area contributed by atoms with Crippen molar-refractivity contribution in [2.24, 2.45) is 0 Å². The van der Waals surface area contributed by atoms with E-state index in [0.717, 1.165) is 25.6 Å². The lowest BCUT2D eigenvalue weighted by molar-refractivity contribution is 0.111. The maximum atomic E-state index is 5.76. The van der Waals surface area contributed by atoms with Crippen LogP contribution in [0.25, 0.3) is 0 Å². The van der Waals surface area contributed by atoms with Gasteiger partial charge in [-0.25, -0.2) is 0 Å². The Bertz CT molecular complexity index is 157. The van der Waals surface area contributed by atoms with E-state index in [2.05, 4.69) is 32.7 Å². The topological polar surface area (TPSA) is 6.48 Å². The van der Waals surface area contributed by atoms with E-state index in [1.165, 1.54) is 25.8 Å². The standard InChI is InChI=1S/C10H20BrClN2/c1-2-13(8-6-12)9-14-7-4-3-5-10(14)11/h10H,2-9H2,1H3. The Morgan fingerprint density at radius 2 is 2.29 bits per heavy atom. The molecule has 0 aromatic carbocycles. The number of rotatable bonds is 5. The van der Waals surface area contributed by atoms with E-state index < -0.39 is 0 Å². The molecule has 1 aliphatic rings. The largest absolute Gasteiger partial charge is 0.290 e. The van der Waals surface area contributed by atoms with Crippen molar-refractivity contribution in [1.82, 2.24) is 9.80 Å². The number of likely N-dealkylation sites (tertiary alicyclic amines) is 1. The highest BCUT2D eigenvalue weighted by atomic mass is 79.9. The van der Waals surface area contributed by atoms with E-state index in [1.54, 1.807) is 0 Å². The van der Waals surface area contributed by atoms with Crippen LogP contribution in [0.2, 0.25) is 0 Å². The molecule has 84 valence electrons. The summed E-state index contributed by atoms with van der Waals surface area (Å²) in [4.78, 5) is 5.46. The highest BCUT2D eigenvalue weighted by Gasteiger charge is 2.20. The molecule has 0 aromatic heterocycles. The van der Waals surface area contributed by atoms with E-state index in [9.17, 15) is 0 Å². The highest BCUT2D eigenvalue weighted by Crippen LogP contribution is 2.21. The van der Waals surface area contributed by atoms with Crippen LogP contribution in [-0.4, -0.2) is 46.9 Å². The van der Waals surface area contributed by atoms with E-state index in [4.69, 9.17) is 11.6 Å². The average molecular weight is 284 g/mol. The fourth-order valence-corrected chi connectivity index (χ4v) is 2.71. The van der Waals surface area contributed by atoms with Gasteiger partial charge in [0.05, 0.1) is 11.6 Å². The van der Waals surface area contributed by atoms with E-state index in [1.807, 2.05) is 0 Å². The lowest BCUT2D eigenvalue weighted by atomic mass is 10.1. The second kappa shape index (κ2) is 7.04. The monoisotopic (exact) mass is 282 g/mol. The smallest absolute Gasteiger partial charge is 0.0666 e. The van der Waals surface area contributed by atoms with Crippen molar-refractivity contribution in [1.29, 1.82) is 0 Å². The molecule has 0 aliphatic carbocycles. The summed E-state index contributed by atoms with van der Waals surface area (Å²) in [6.45, 7) is 6.55. The Kier molecular flexibility index (Phi) is 6.42. The molecule has 0 radical (unpaired) electrons. The number of hydrogen-bond donors (Lipinski definition) is 0. The predicted octanol–water partition coefficient (Wildman–Crippen LogP) is 2.71. The molecule has 1 aliphatic heterocycles. The van der Waals surface area contributed by atoms with Crippen LogP contribution in [0.5, 0.6) is 0 Å². The number of alkyl halides is 2. The first kappa shape index (κ1) is 12.8. The molecule has 0 saturated carbocycles. The minimum Gasteiger partial charge on any atom is -0.290 e. The lowest BCUT2D eigenvalue weighted by Gasteiger charge is -2.35. The fourth-order valence-electron chi connectivity index (χ4n) is 1.81. The first-order chi connectivity index (χ1) is 6.77. The average Bonchev–Trinajstić information content (AvgIpc) is 2.20. The molecule has 14 heavy (non-hydrogen) atoms. The molecule has 4 heteroatoms. The fraction of sp³-hybridized carbons (Fsp3) is 1.00. The summed E-state index contributed by atoms with van der Waals surface area (Å²) >= 11 is 9.49. The van der Waals surface area contributed by atoms with Gasteiger partial charge in [-0.3, -0.25) is 9.80 Å². The van der Waals surface area contributed by atoms with Gasteiger partial charge < -0.3 is 0 Å². The van der Waals surface area contributed by atoms with E-state index in [0.29, 0.717) is 4.95 Å². The van der Waals surface area contributed by atoms with Crippen LogP contribution in [0.4, 0.5) is 0 Å². The Labute approximate surface area is 101 Å². The Morgan fingerprint density at radius 3 is 2.86 bits per heavy atom. The summed E-state index contributed by atoms with van der Waals surface area (Å²) in [5.74, 6) is 0.731. The summed E-state index contributed by atoms with van der Waals surface area (Å²) in [5.41, 5.74) is 0. The molecule has 1 saturated heterocycles. The molecule has 2 nitrogen and oxygen atoms in total. The van der Waals surface area contributed by atoms with Crippen LogP contribution in [0.3, 0.4) is 0 Å². The SMILES string of the molecule is CCN(CCCl)CN1CCCCC1Br. The molecular formula is C10H20BrClN2. The van der Waals surface area contributed by atoms with Crippen molar-refractivity contribution in [2.45, 2.75) is 31.1 Å². The molecular weight excluding hydrogens is 263 g/mol. The summed E-state index contributed by atoms with van der Waals surface area (Å²) in [5, 5.41) is 0. The normalized spacial score (nSPS) is 24.4. The molecule has 0 amide bonds. The quantitative estimate of drug-likeness (QED) is 0.565. The van der Waals surface area contributed by atoms with Gasteiger partial charge >= 0.3 is 0 Å².